The van der Waals surface area contributed by atoms with E-state index in [0.717, 1.165) is 0 Å². The van der Waals surface area contributed by atoms with Crippen LogP contribution in [0.5, 0.6) is 5.75 Å². The zero-order valence-electron chi connectivity index (χ0n) is 15.0. The molecule has 0 aromatic heterocycles. The zero-order valence-corrected chi connectivity index (χ0v) is 17.3. The number of phenolic OH excluding ortho intramolecular Hbond substituents is 1. The van der Waals surface area contributed by atoms with Gasteiger partial charge in [0.1, 0.15) is 0 Å². The van der Waals surface area contributed by atoms with Crippen molar-refractivity contribution in [1.29, 1.82) is 0 Å². The van der Waals surface area contributed by atoms with Crippen LogP contribution in [0.1, 0.15) is 11.1 Å². The summed E-state index contributed by atoms with van der Waals surface area (Å²) in [4.78, 5) is 12.6. The van der Waals surface area contributed by atoms with Crippen molar-refractivity contribution in [2.24, 2.45) is 0 Å². The summed E-state index contributed by atoms with van der Waals surface area (Å²) in [7, 11) is -3.70. The molecule has 29 heavy (non-hydrogen) atoms. The van der Waals surface area contributed by atoms with Gasteiger partial charge >= 0.3 is 0 Å². The van der Waals surface area contributed by atoms with Gasteiger partial charge in [-0.25, -0.2) is 8.42 Å². The number of sulfonamides is 1. The Morgan fingerprint density at radius 2 is 1.76 bits per heavy atom. The highest BCUT2D eigenvalue weighted by molar-refractivity contribution is 7.89. The number of ether oxygens (including phenoxy) is 1. The van der Waals surface area contributed by atoms with Crippen molar-refractivity contribution in [3.05, 3.63) is 51.5 Å². The summed E-state index contributed by atoms with van der Waals surface area (Å²) in [5.41, 5.74) is 1.75. The van der Waals surface area contributed by atoms with Crippen molar-refractivity contribution in [1.82, 2.24) is 4.31 Å². The van der Waals surface area contributed by atoms with Crippen molar-refractivity contribution in [3.8, 4) is 5.75 Å². The van der Waals surface area contributed by atoms with E-state index in [-0.39, 0.29) is 45.3 Å². The second-order valence-corrected chi connectivity index (χ2v) is 9.32. The minimum Gasteiger partial charge on any atom is -0.505 e. The van der Waals surface area contributed by atoms with Crippen LogP contribution in [0.25, 0.3) is 11.6 Å². The standard InChI is InChI=1S/C19H16Cl2N2O5S/c20-15-8-11(9-16(21)18(15)24)7-14-13-10-12(1-2-17(13)22-19(14)25)29(26,27)23-3-5-28-6-4-23/h1-2,7-10,24H,3-6H2,(H,22,25)/b14-7-. The molecule has 2 aromatic carbocycles. The van der Waals surface area contributed by atoms with Crippen LogP contribution >= 0.6 is 23.2 Å². The molecule has 2 N–H and O–H groups in total. The van der Waals surface area contributed by atoms with Gasteiger partial charge in [-0.1, -0.05) is 23.2 Å². The Kier molecular flexibility index (Phi) is 5.30. The predicted molar refractivity (Wildman–Crippen MR) is 111 cm³/mol. The number of carbonyl (C=O) groups is 1. The molecule has 1 fully saturated rings. The van der Waals surface area contributed by atoms with E-state index in [2.05, 4.69) is 5.32 Å². The summed E-state index contributed by atoms with van der Waals surface area (Å²) in [5.74, 6) is -0.619. The van der Waals surface area contributed by atoms with E-state index in [1.807, 2.05) is 0 Å². The summed E-state index contributed by atoms with van der Waals surface area (Å²) in [6.07, 6.45) is 1.55. The van der Waals surface area contributed by atoms with Crippen LogP contribution < -0.4 is 5.32 Å². The predicted octanol–water partition coefficient (Wildman–Crippen LogP) is 3.21. The molecule has 0 saturated carbocycles. The highest BCUT2D eigenvalue weighted by Gasteiger charge is 2.30. The largest absolute Gasteiger partial charge is 0.505 e. The molecule has 7 nitrogen and oxygen atoms in total. The van der Waals surface area contributed by atoms with E-state index in [1.165, 1.54) is 28.6 Å². The maximum atomic E-state index is 12.9. The number of halogens is 2. The number of nitrogens with one attached hydrogen (secondary N) is 1. The van der Waals surface area contributed by atoms with Gasteiger partial charge in [-0.05, 0) is 42.0 Å². The molecular weight excluding hydrogens is 439 g/mol. The molecule has 2 aliphatic heterocycles. The number of fused-ring (bicyclic) bond motifs is 1. The van der Waals surface area contributed by atoms with Gasteiger partial charge in [0.2, 0.25) is 10.0 Å². The Morgan fingerprint density at radius 1 is 1.10 bits per heavy atom. The number of nitrogens with zero attached hydrogens (tertiary/aromatic N) is 1. The number of benzene rings is 2. The van der Waals surface area contributed by atoms with E-state index < -0.39 is 10.0 Å². The van der Waals surface area contributed by atoms with E-state index >= 15 is 0 Å². The van der Waals surface area contributed by atoms with E-state index in [9.17, 15) is 18.3 Å². The van der Waals surface area contributed by atoms with Gasteiger partial charge in [-0.2, -0.15) is 4.31 Å². The summed E-state index contributed by atoms with van der Waals surface area (Å²) < 4.78 is 32.5. The van der Waals surface area contributed by atoms with Crippen LogP contribution in [-0.4, -0.2) is 50.0 Å². The number of carbonyl (C=O) groups excluding carboxylic acids is 1. The number of anilines is 1. The van der Waals surface area contributed by atoms with Crippen LogP contribution in [0.4, 0.5) is 5.69 Å². The Bertz CT molecular complexity index is 1120. The lowest BCUT2D eigenvalue weighted by Crippen LogP contribution is -2.40. The number of phenols is 1. The first-order valence-corrected chi connectivity index (χ1v) is 10.9. The molecule has 0 atom stereocenters. The summed E-state index contributed by atoms with van der Waals surface area (Å²) in [6, 6.07) is 7.46. The number of hydrogen-bond donors (Lipinski definition) is 2. The fourth-order valence-electron chi connectivity index (χ4n) is 3.24. The second-order valence-electron chi connectivity index (χ2n) is 6.57. The third-order valence-corrected chi connectivity index (χ3v) is 7.20. The van der Waals surface area contributed by atoms with Gasteiger partial charge in [0.25, 0.3) is 5.91 Å². The molecule has 0 bridgehead atoms. The molecule has 1 amide bonds. The van der Waals surface area contributed by atoms with Crippen molar-refractivity contribution in [3.63, 3.8) is 0 Å². The monoisotopic (exact) mass is 454 g/mol. The molecule has 4 rings (SSSR count). The molecule has 2 aromatic rings. The minimum atomic E-state index is -3.70. The number of rotatable bonds is 3. The normalized spacial score (nSPS) is 18.7. The van der Waals surface area contributed by atoms with Crippen molar-refractivity contribution in [2.75, 3.05) is 31.6 Å². The molecule has 1 saturated heterocycles. The van der Waals surface area contributed by atoms with E-state index in [4.69, 9.17) is 27.9 Å². The summed E-state index contributed by atoms with van der Waals surface area (Å²) in [5, 5.41) is 12.5. The average molecular weight is 455 g/mol. The average Bonchev–Trinajstić information content (AvgIpc) is 3.01. The maximum Gasteiger partial charge on any atom is 0.256 e. The van der Waals surface area contributed by atoms with Crippen molar-refractivity contribution < 1.29 is 23.1 Å². The minimum absolute atomic E-state index is 0.0478. The third-order valence-electron chi connectivity index (χ3n) is 4.73. The van der Waals surface area contributed by atoms with Gasteiger partial charge in [0.15, 0.2) is 5.75 Å². The maximum absolute atomic E-state index is 12.9. The fraction of sp³-hybridized carbons (Fsp3) is 0.211. The third kappa shape index (κ3) is 3.74. The second kappa shape index (κ2) is 7.62. The first-order valence-electron chi connectivity index (χ1n) is 8.71. The quantitative estimate of drug-likeness (QED) is 0.694. The first-order chi connectivity index (χ1) is 13.8. The number of aromatic hydroxyl groups is 1. The molecule has 2 aliphatic rings. The van der Waals surface area contributed by atoms with Crippen LogP contribution in [0.3, 0.4) is 0 Å². The van der Waals surface area contributed by atoms with Gasteiger partial charge in [-0.3, -0.25) is 4.79 Å². The molecule has 0 unspecified atom stereocenters. The molecule has 10 heteroatoms. The van der Waals surface area contributed by atoms with Crippen LogP contribution in [0.2, 0.25) is 10.0 Å². The lowest BCUT2D eigenvalue weighted by Gasteiger charge is -2.26. The first kappa shape index (κ1) is 20.2. The van der Waals surface area contributed by atoms with Crippen molar-refractivity contribution in [2.45, 2.75) is 4.90 Å². The lowest BCUT2D eigenvalue weighted by atomic mass is 10.0. The molecule has 0 spiro atoms. The highest BCUT2D eigenvalue weighted by atomic mass is 35.5. The molecule has 2 heterocycles. The smallest absolute Gasteiger partial charge is 0.256 e. The Hall–Kier alpha value is -2.10. The number of amides is 1. The topological polar surface area (TPSA) is 95.9 Å². The number of hydrogen-bond acceptors (Lipinski definition) is 5. The van der Waals surface area contributed by atoms with Crippen LogP contribution in [-0.2, 0) is 19.6 Å². The Labute approximate surface area is 177 Å². The zero-order chi connectivity index (χ0) is 20.8. The SMILES string of the molecule is O=C1Nc2ccc(S(=O)(=O)N3CCOCC3)cc2/C1=C/c1cc(Cl)c(O)c(Cl)c1. The number of morpholine rings is 1. The van der Waals surface area contributed by atoms with E-state index in [0.29, 0.717) is 30.0 Å². The van der Waals surface area contributed by atoms with Crippen molar-refractivity contribution >= 4 is 56.5 Å². The van der Waals surface area contributed by atoms with Crippen LogP contribution in [0, 0.1) is 0 Å². The van der Waals surface area contributed by atoms with Crippen LogP contribution in [0.15, 0.2) is 35.2 Å². The Morgan fingerprint density at radius 3 is 2.41 bits per heavy atom. The van der Waals surface area contributed by atoms with Gasteiger partial charge in [-0.15, -0.1) is 0 Å². The van der Waals surface area contributed by atoms with Gasteiger partial charge < -0.3 is 15.2 Å². The lowest BCUT2D eigenvalue weighted by molar-refractivity contribution is -0.110. The highest BCUT2D eigenvalue weighted by Crippen LogP contribution is 2.38. The summed E-state index contributed by atoms with van der Waals surface area (Å²) in [6.45, 7) is 1.25. The molecule has 0 aliphatic carbocycles. The van der Waals surface area contributed by atoms with Gasteiger partial charge in [0, 0.05) is 29.9 Å². The van der Waals surface area contributed by atoms with E-state index in [1.54, 1.807) is 12.1 Å². The van der Waals surface area contributed by atoms with Gasteiger partial charge in [0.05, 0.1) is 28.2 Å². The molecule has 152 valence electrons. The molecular formula is C19H16Cl2N2O5S. The fourth-order valence-corrected chi connectivity index (χ4v) is 5.18. The summed E-state index contributed by atoms with van der Waals surface area (Å²) >= 11 is 11.9. The Balaban J connectivity index is 1.76. The molecule has 0 radical (unpaired) electrons.